The minimum absolute atomic E-state index is 0.988. The predicted octanol–water partition coefficient (Wildman–Crippen LogP) is 3.45. The zero-order chi connectivity index (χ0) is 11.1. The third-order valence-electron chi connectivity index (χ3n) is 1.92. The lowest BCUT2D eigenvalue weighted by Gasteiger charge is -2.06. The average Bonchev–Trinajstić information content (AvgIpc) is 2.27. The lowest BCUT2D eigenvalue weighted by molar-refractivity contribution is 1.20. The van der Waals surface area contributed by atoms with E-state index in [1.807, 2.05) is 50.4 Å². The van der Waals surface area contributed by atoms with Crippen LogP contribution in [0.3, 0.4) is 0 Å². The summed E-state index contributed by atoms with van der Waals surface area (Å²) in [6.45, 7) is 7.59. The number of aryl methyl sites for hydroxylation is 1. The zero-order valence-corrected chi connectivity index (χ0v) is 9.20. The molecule has 0 bridgehead atoms. The minimum atomic E-state index is 0.988. The third kappa shape index (κ3) is 3.81. The van der Waals surface area contributed by atoms with E-state index >= 15 is 0 Å². The largest absolute Gasteiger partial charge is 0.355 e. The summed E-state index contributed by atoms with van der Waals surface area (Å²) in [6.07, 6.45) is 9.43. The summed E-state index contributed by atoms with van der Waals surface area (Å²) in [7, 11) is 0. The van der Waals surface area contributed by atoms with Crippen LogP contribution in [-0.4, -0.2) is 4.98 Å². The molecule has 0 fully saturated rings. The molecule has 1 aromatic rings. The van der Waals surface area contributed by atoms with E-state index in [-0.39, 0.29) is 0 Å². The molecule has 0 aliphatic carbocycles. The molecule has 2 nitrogen and oxygen atoms in total. The first-order valence-corrected chi connectivity index (χ1v) is 4.91. The molecule has 0 saturated heterocycles. The van der Waals surface area contributed by atoms with Gasteiger partial charge in [0.15, 0.2) is 0 Å². The average molecular weight is 200 g/mol. The van der Waals surface area contributed by atoms with Gasteiger partial charge in [0, 0.05) is 11.4 Å². The molecule has 0 saturated carbocycles. The standard InChI is InChI=1S/C13H16N2/c1-4-6-7-12(5-2)15-13-9-8-11(3)14-10-13/h4-10,15H,1H2,2-3H3/b7-6-,12-5+. The van der Waals surface area contributed by atoms with Crippen molar-refractivity contribution in [3.63, 3.8) is 0 Å². The zero-order valence-electron chi connectivity index (χ0n) is 9.20. The summed E-state index contributed by atoms with van der Waals surface area (Å²) in [6, 6.07) is 3.99. The van der Waals surface area contributed by atoms with Crippen LogP contribution in [0.25, 0.3) is 0 Å². The van der Waals surface area contributed by atoms with Crippen LogP contribution in [0, 0.1) is 6.92 Å². The molecule has 15 heavy (non-hydrogen) atoms. The van der Waals surface area contributed by atoms with E-state index in [2.05, 4.69) is 16.9 Å². The van der Waals surface area contributed by atoms with Crippen molar-refractivity contribution >= 4 is 5.69 Å². The number of pyridine rings is 1. The van der Waals surface area contributed by atoms with Gasteiger partial charge in [-0.3, -0.25) is 4.98 Å². The number of rotatable bonds is 4. The number of nitrogens with one attached hydrogen (secondary N) is 1. The second-order valence-electron chi connectivity index (χ2n) is 3.15. The highest BCUT2D eigenvalue weighted by Gasteiger charge is 1.93. The van der Waals surface area contributed by atoms with Crippen LogP contribution in [-0.2, 0) is 0 Å². The van der Waals surface area contributed by atoms with Crippen molar-refractivity contribution in [1.82, 2.24) is 4.98 Å². The maximum atomic E-state index is 4.21. The van der Waals surface area contributed by atoms with Gasteiger partial charge in [-0.25, -0.2) is 0 Å². The van der Waals surface area contributed by atoms with E-state index in [1.54, 1.807) is 6.08 Å². The molecule has 0 aliphatic rings. The van der Waals surface area contributed by atoms with Crippen LogP contribution < -0.4 is 5.32 Å². The first-order valence-electron chi connectivity index (χ1n) is 4.91. The predicted molar refractivity (Wildman–Crippen MR) is 65.7 cm³/mol. The summed E-state index contributed by atoms with van der Waals surface area (Å²) in [5.41, 5.74) is 3.03. The molecular weight excluding hydrogens is 184 g/mol. The number of aromatic nitrogens is 1. The van der Waals surface area contributed by atoms with Crippen molar-refractivity contribution in [2.75, 3.05) is 5.32 Å². The summed E-state index contributed by atoms with van der Waals surface area (Å²) in [4.78, 5) is 4.21. The number of hydrogen-bond donors (Lipinski definition) is 1. The lowest BCUT2D eigenvalue weighted by Crippen LogP contribution is -1.97. The Labute approximate surface area is 91.1 Å². The number of hydrogen-bond acceptors (Lipinski definition) is 2. The summed E-state index contributed by atoms with van der Waals surface area (Å²) >= 11 is 0. The third-order valence-corrected chi connectivity index (χ3v) is 1.92. The fourth-order valence-electron chi connectivity index (χ4n) is 1.09. The highest BCUT2D eigenvalue weighted by molar-refractivity contribution is 5.49. The topological polar surface area (TPSA) is 24.9 Å². The Kier molecular flexibility index (Phi) is 4.35. The highest BCUT2D eigenvalue weighted by Crippen LogP contribution is 2.09. The Morgan fingerprint density at radius 1 is 1.47 bits per heavy atom. The van der Waals surface area contributed by atoms with Crippen molar-refractivity contribution in [3.8, 4) is 0 Å². The molecule has 0 atom stereocenters. The normalized spacial score (nSPS) is 11.7. The highest BCUT2D eigenvalue weighted by atomic mass is 14.9. The van der Waals surface area contributed by atoms with E-state index in [4.69, 9.17) is 0 Å². The van der Waals surface area contributed by atoms with E-state index < -0.39 is 0 Å². The van der Waals surface area contributed by atoms with Gasteiger partial charge in [-0.15, -0.1) is 0 Å². The number of allylic oxidation sites excluding steroid dienone is 4. The van der Waals surface area contributed by atoms with E-state index in [9.17, 15) is 0 Å². The monoisotopic (exact) mass is 200 g/mol. The Morgan fingerprint density at radius 3 is 2.80 bits per heavy atom. The Balaban J connectivity index is 2.71. The van der Waals surface area contributed by atoms with Crippen molar-refractivity contribution in [3.05, 3.63) is 60.6 Å². The fourth-order valence-corrected chi connectivity index (χ4v) is 1.09. The molecule has 1 rings (SSSR count). The van der Waals surface area contributed by atoms with Crippen LogP contribution in [0.5, 0.6) is 0 Å². The quantitative estimate of drug-likeness (QED) is 0.753. The number of anilines is 1. The van der Waals surface area contributed by atoms with Gasteiger partial charge in [-0.05, 0) is 32.1 Å². The van der Waals surface area contributed by atoms with E-state index in [0.29, 0.717) is 0 Å². The van der Waals surface area contributed by atoms with Gasteiger partial charge in [0.25, 0.3) is 0 Å². The number of nitrogens with zero attached hydrogens (tertiary/aromatic N) is 1. The SMILES string of the molecule is C=C/C=C\C(=C/C)Nc1ccc(C)nc1. The van der Waals surface area contributed by atoms with Gasteiger partial charge in [0.2, 0.25) is 0 Å². The molecular formula is C13H16N2. The van der Waals surface area contributed by atoms with Crippen LogP contribution in [0.1, 0.15) is 12.6 Å². The van der Waals surface area contributed by atoms with Gasteiger partial charge >= 0.3 is 0 Å². The first kappa shape index (κ1) is 11.2. The van der Waals surface area contributed by atoms with Gasteiger partial charge in [-0.2, -0.15) is 0 Å². The molecule has 0 spiro atoms. The van der Waals surface area contributed by atoms with Crippen LogP contribution >= 0.6 is 0 Å². The molecule has 0 amide bonds. The summed E-state index contributed by atoms with van der Waals surface area (Å²) in [5.74, 6) is 0. The maximum absolute atomic E-state index is 4.21. The summed E-state index contributed by atoms with van der Waals surface area (Å²) < 4.78 is 0. The van der Waals surface area contributed by atoms with Crippen molar-refractivity contribution < 1.29 is 0 Å². The van der Waals surface area contributed by atoms with Gasteiger partial charge in [0.05, 0.1) is 11.9 Å². The van der Waals surface area contributed by atoms with Crippen molar-refractivity contribution in [1.29, 1.82) is 0 Å². The molecule has 0 radical (unpaired) electrons. The Morgan fingerprint density at radius 2 is 2.27 bits per heavy atom. The lowest BCUT2D eigenvalue weighted by atomic mass is 10.3. The Hall–Kier alpha value is -1.83. The van der Waals surface area contributed by atoms with Crippen LogP contribution in [0.15, 0.2) is 54.9 Å². The molecule has 1 aromatic heterocycles. The molecule has 0 aromatic carbocycles. The van der Waals surface area contributed by atoms with E-state index in [0.717, 1.165) is 17.1 Å². The molecule has 0 unspecified atom stereocenters. The second-order valence-corrected chi connectivity index (χ2v) is 3.15. The van der Waals surface area contributed by atoms with Gasteiger partial charge < -0.3 is 5.32 Å². The Bertz CT molecular complexity index is 372. The van der Waals surface area contributed by atoms with Crippen LogP contribution in [0.4, 0.5) is 5.69 Å². The molecule has 0 aliphatic heterocycles. The van der Waals surface area contributed by atoms with Gasteiger partial charge in [-0.1, -0.05) is 24.8 Å². The molecule has 1 heterocycles. The molecule has 2 heteroatoms. The van der Waals surface area contributed by atoms with Crippen LogP contribution in [0.2, 0.25) is 0 Å². The van der Waals surface area contributed by atoms with Gasteiger partial charge in [0.1, 0.15) is 0 Å². The maximum Gasteiger partial charge on any atom is 0.0570 e. The smallest absolute Gasteiger partial charge is 0.0570 e. The second kappa shape index (κ2) is 5.81. The molecule has 78 valence electrons. The fraction of sp³-hybridized carbons (Fsp3) is 0.154. The molecule has 1 N–H and O–H groups in total. The summed E-state index contributed by atoms with van der Waals surface area (Å²) in [5, 5.41) is 3.25. The van der Waals surface area contributed by atoms with E-state index in [1.165, 1.54) is 0 Å². The minimum Gasteiger partial charge on any atom is -0.355 e. The van der Waals surface area contributed by atoms with Crippen molar-refractivity contribution in [2.45, 2.75) is 13.8 Å². The van der Waals surface area contributed by atoms with Crippen molar-refractivity contribution in [2.24, 2.45) is 0 Å². The first-order chi connectivity index (χ1) is 7.26.